The Hall–Kier alpha value is -1.16. The molecule has 0 bridgehead atoms. The van der Waals surface area contributed by atoms with Crippen molar-refractivity contribution < 1.29 is 4.79 Å². The number of hydrogen-bond donors (Lipinski definition) is 1. The number of nitriles is 1. The van der Waals surface area contributed by atoms with Crippen LogP contribution in [0.2, 0.25) is 0 Å². The van der Waals surface area contributed by atoms with Crippen LogP contribution in [-0.2, 0) is 0 Å². The van der Waals surface area contributed by atoms with Crippen LogP contribution in [-0.4, -0.2) is 17.4 Å². The Bertz CT molecular complexity index is 359. The van der Waals surface area contributed by atoms with Crippen LogP contribution < -0.4 is 5.32 Å². The molecular weight excluding hydrogens is 281 g/mol. The number of pyridine rings is 1. The average Bonchev–Trinajstić information content (AvgIpc) is 2.14. The third-order valence-corrected chi connectivity index (χ3v) is 1.91. The first-order valence-corrected chi connectivity index (χ1v) is 4.58. The van der Waals surface area contributed by atoms with Crippen LogP contribution in [0.3, 0.4) is 0 Å². The van der Waals surface area contributed by atoms with Crippen molar-refractivity contribution in [1.82, 2.24) is 10.3 Å². The molecule has 66 valence electrons. The second-order valence-electron chi connectivity index (χ2n) is 2.21. The molecule has 0 fully saturated rings. The average molecular weight is 287 g/mol. The summed E-state index contributed by atoms with van der Waals surface area (Å²) in [5.74, 6) is -0.248. The van der Waals surface area contributed by atoms with Crippen molar-refractivity contribution in [3.05, 3.63) is 27.6 Å². The van der Waals surface area contributed by atoms with Gasteiger partial charge < -0.3 is 5.32 Å². The van der Waals surface area contributed by atoms with Gasteiger partial charge in [-0.1, -0.05) is 0 Å². The lowest BCUT2D eigenvalue weighted by molar-refractivity contribution is 0.0958. The number of amides is 1. The van der Waals surface area contributed by atoms with Gasteiger partial charge in [0.15, 0.2) is 0 Å². The molecule has 0 aliphatic carbocycles. The molecule has 0 aliphatic heterocycles. The SMILES string of the molecule is N#CCNC(=O)c1ccnc(I)c1. The molecule has 1 amide bonds. The third kappa shape index (κ3) is 2.99. The van der Waals surface area contributed by atoms with E-state index in [1.807, 2.05) is 28.7 Å². The van der Waals surface area contributed by atoms with E-state index in [1.165, 1.54) is 0 Å². The van der Waals surface area contributed by atoms with Crippen molar-refractivity contribution in [3.63, 3.8) is 0 Å². The van der Waals surface area contributed by atoms with Gasteiger partial charge in [0.05, 0.1) is 6.07 Å². The maximum absolute atomic E-state index is 11.3. The van der Waals surface area contributed by atoms with Gasteiger partial charge in [0.25, 0.3) is 5.91 Å². The lowest BCUT2D eigenvalue weighted by Gasteiger charge is -1.99. The minimum atomic E-state index is -0.248. The first-order valence-electron chi connectivity index (χ1n) is 3.50. The Kier molecular flexibility index (Phi) is 3.64. The van der Waals surface area contributed by atoms with Crippen molar-refractivity contribution in [2.75, 3.05) is 6.54 Å². The first kappa shape index (κ1) is 9.92. The molecule has 1 heterocycles. The maximum atomic E-state index is 11.3. The zero-order valence-corrected chi connectivity index (χ0v) is 8.78. The number of aromatic nitrogens is 1. The maximum Gasteiger partial charge on any atom is 0.252 e. The highest BCUT2D eigenvalue weighted by molar-refractivity contribution is 14.1. The molecule has 0 unspecified atom stereocenters. The predicted octanol–water partition coefficient (Wildman–Crippen LogP) is 0.940. The molecule has 1 N–H and O–H groups in total. The smallest absolute Gasteiger partial charge is 0.252 e. The van der Waals surface area contributed by atoms with E-state index < -0.39 is 0 Å². The van der Waals surface area contributed by atoms with Crippen LogP contribution >= 0.6 is 22.6 Å². The summed E-state index contributed by atoms with van der Waals surface area (Å²) in [7, 11) is 0. The fourth-order valence-electron chi connectivity index (χ4n) is 0.766. The Balaban J connectivity index is 2.72. The summed E-state index contributed by atoms with van der Waals surface area (Å²) in [6.07, 6.45) is 1.56. The fourth-order valence-corrected chi connectivity index (χ4v) is 1.26. The van der Waals surface area contributed by atoms with Crippen molar-refractivity contribution in [1.29, 1.82) is 5.26 Å². The van der Waals surface area contributed by atoms with Gasteiger partial charge in [-0.25, -0.2) is 0 Å². The number of hydrogen-bond acceptors (Lipinski definition) is 3. The van der Waals surface area contributed by atoms with Crippen molar-refractivity contribution >= 4 is 28.5 Å². The zero-order chi connectivity index (χ0) is 9.68. The monoisotopic (exact) mass is 287 g/mol. The summed E-state index contributed by atoms with van der Waals surface area (Å²) < 4.78 is 0.752. The van der Waals surface area contributed by atoms with Gasteiger partial charge in [0, 0.05) is 11.8 Å². The van der Waals surface area contributed by atoms with Crippen LogP contribution in [0.4, 0.5) is 0 Å². The normalized spacial score (nSPS) is 8.92. The highest BCUT2D eigenvalue weighted by atomic mass is 127. The molecular formula is C8H6IN3O. The molecule has 5 heteroatoms. The summed E-state index contributed by atoms with van der Waals surface area (Å²) >= 11 is 2.02. The lowest BCUT2D eigenvalue weighted by atomic mass is 10.2. The van der Waals surface area contributed by atoms with Gasteiger partial charge in [-0.3, -0.25) is 9.78 Å². The number of nitrogens with one attached hydrogen (secondary N) is 1. The second-order valence-corrected chi connectivity index (χ2v) is 3.31. The molecule has 1 rings (SSSR count). The quantitative estimate of drug-likeness (QED) is 0.500. The summed E-state index contributed by atoms with van der Waals surface area (Å²) in [4.78, 5) is 15.2. The summed E-state index contributed by atoms with van der Waals surface area (Å²) in [6.45, 7) is 0.0255. The van der Waals surface area contributed by atoms with Crippen LogP contribution in [0.15, 0.2) is 18.3 Å². The molecule has 4 nitrogen and oxygen atoms in total. The van der Waals surface area contributed by atoms with Gasteiger partial charge >= 0.3 is 0 Å². The highest BCUT2D eigenvalue weighted by Crippen LogP contribution is 2.03. The van der Waals surface area contributed by atoms with Gasteiger partial charge in [-0.15, -0.1) is 0 Å². The lowest BCUT2D eigenvalue weighted by Crippen LogP contribution is -2.23. The van der Waals surface area contributed by atoms with Crippen LogP contribution in [0.5, 0.6) is 0 Å². The third-order valence-electron chi connectivity index (χ3n) is 1.32. The highest BCUT2D eigenvalue weighted by Gasteiger charge is 2.04. The number of rotatable bonds is 2. The van der Waals surface area contributed by atoms with E-state index in [1.54, 1.807) is 18.3 Å². The van der Waals surface area contributed by atoms with Gasteiger partial charge in [-0.05, 0) is 34.7 Å². The summed E-state index contributed by atoms with van der Waals surface area (Å²) in [6, 6.07) is 5.10. The number of halogens is 1. The fraction of sp³-hybridized carbons (Fsp3) is 0.125. The number of carbonyl (C=O) groups excluding carboxylic acids is 1. The molecule has 13 heavy (non-hydrogen) atoms. The molecule has 1 aromatic heterocycles. The van der Waals surface area contributed by atoms with Crippen molar-refractivity contribution in [2.24, 2.45) is 0 Å². The van der Waals surface area contributed by atoms with E-state index in [0.717, 1.165) is 3.70 Å². The molecule has 0 aromatic carbocycles. The Labute approximate surface area is 89.1 Å². The second kappa shape index (κ2) is 4.77. The largest absolute Gasteiger partial charge is 0.339 e. The van der Waals surface area contributed by atoms with Crippen molar-refractivity contribution in [2.45, 2.75) is 0 Å². The molecule has 1 aromatic rings. The van der Waals surface area contributed by atoms with Crippen LogP contribution in [0.25, 0.3) is 0 Å². The minimum Gasteiger partial charge on any atom is -0.339 e. The van der Waals surface area contributed by atoms with Crippen molar-refractivity contribution in [3.8, 4) is 6.07 Å². The molecule has 0 saturated carbocycles. The number of carbonyl (C=O) groups is 1. The first-order chi connectivity index (χ1) is 6.24. The molecule has 0 spiro atoms. The standard InChI is InChI=1S/C8H6IN3O/c9-7-5-6(1-3-11-7)8(13)12-4-2-10/h1,3,5H,4H2,(H,12,13). The van der Waals surface area contributed by atoms with Crippen LogP contribution in [0.1, 0.15) is 10.4 Å². The van der Waals surface area contributed by atoms with E-state index in [-0.39, 0.29) is 12.5 Å². The Morgan fingerprint density at radius 1 is 1.77 bits per heavy atom. The molecule has 0 aliphatic rings. The molecule has 0 atom stereocenters. The predicted molar refractivity (Wildman–Crippen MR) is 54.9 cm³/mol. The van der Waals surface area contributed by atoms with E-state index in [0.29, 0.717) is 5.56 Å². The topological polar surface area (TPSA) is 65.8 Å². The van der Waals surface area contributed by atoms with E-state index >= 15 is 0 Å². The van der Waals surface area contributed by atoms with Gasteiger partial charge in [-0.2, -0.15) is 5.26 Å². The van der Waals surface area contributed by atoms with Crippen LogP contribution in [0, 0.1) is 15.0 Å². The Morgan fingerprint density at radius 2 is 2.54 bits per heavy atom. The van der Waals surface area contributed by atoms with E-state index in [9.17, 15) is 4.79 Å². The van der Waals surface area contributed by atoms with E-state index in [2.05, 4.69) is 10.3 Å². The summed E-state index contributed by atoms with van der Waals surface area (Å²) in [5, 5.41) is 10.7. The Morgan fingerprint density at radius 3 is 3.15 bits per heavy atom. The molecule has 0 radical (unpaired) electrons. The zero-order valence-electron chi connectivity index (χ0n) is 6.62. The number of nitrogens with zero attached hydrogens (tertiary/aromatic N) is 2. The van der Waals surface area contributed by atoms with Gasteiger partial charge in [0.2, 0.25) is 0 Å². The van der Waals surface area contributed by atoms with E-state index in [4.69, 9.17) is 5.26 Å². The summed E-state index contributed by atoms with van der Waals surface area (Å²) in [5.41, 5.74) is 0.523. The molecule has 0 saturated heterocycles. The minimum absolute atomic E-state index is 0.0255. The van der Waals surface area contributed by atoms with Gasteiger partial charge in [0.1, 0.15) is 10.2 Å².